The number of carbonyl (C=O) groups excluding carboxylic acids is 2. The summed E-state index contributed by atoms with van der Waals surface area (Å²) in [6.07, 6.45) is 1.91. The van der Waals surface area contributed by atoms with Crippen LogP contribution in [-0.2, 0) is 9.53 Å². The Labute approximate surface area is 128 Å². The lowest BCUT2D eigenvalue weighted by Gasteiger charge is -2.28. The Morgan fingerprint density at radius 2 is 1.86 bits per heavy atom. The van der Waals surface area contributed by atoms with E-state index in [0.29, 0.717) is 11.3 Å². The number of anilines is 1. The SMILES string of the molecule is N#Cc1ccc(N2CC(C(=O)N3CCCCC3)OC2=O)cc1. The van der Waals surface area contributed by atoms with E-state index >= 15 is 0 Å². The second-order valence-electron chi connectivity index (χ2n) is 5.53. The number of amides is 2. The highest BCUT2D eigenvalue weighted by molar-refractivity contribution is 5.95. The number of ether oxygens (including phenoxy) is 1. The summed E-state index contributed by atoms with van der Waals surface area (Å²) in [5.41, 5.74) is 1.16. The molecule has 1 aromatic carbocycles. The van der Waals surface area contributed by atoms with Crippen molar-refractivity contribution < 1.29 is 14.3 Å². The summed E-state index contributed by atoms with van der Waals surface area (Å²) in [6, 6.07) is 8.69. The van der Waals surface area contributed by atoms with Crippen LogP contribution in [0.5, 0.6) is 0 Å². The van der Waals surface area contributed by atoms with E-state index in [1.165, 1.54) is 4.90 Å². The van der Waals surface area contributed by atoms with Gasteiger partial charge in [-0.2, -0.15) is 5.26 Å². The van der Waals surface area contributed by atoms with Gasteiger partial charge in [0.15, 0.2) is 6.10 Å². The molecule has 2 amide bonds. The number of benzene rings is 1. The van der Waals surface area contributed by atoms with Crippen molar-refractivity contribution in [3.8, 4) is 6.07 Å². The minimum atomic E-state index is -0.735. The van der Waals surface area contributed by atoms with Crippen molar-refractivity contribution in [1.82, 2.24) is 4.90 Å². The topological polar surface area (TPSA) is 73.6 Å². The van der Waals surface area contributed by atoms with Crippen molar-refractivity contribution in [1.29, 1.82) is 5.26 Å². The van der Waals surface area contributed by atoms with Crippen LogP contribution in [0, 0.1) is 11.3 Å². The first-order valence-corrected chi connectivity index (χ1v) is 7.46. The van der Waals surface area contributed by atoms with Gasteiger partial charge >= 0.3 is 6.09 Å². The van der Waals surface area contributed by atoms with E-state index in [1.807, 2.05) is 6.07 Å². The standard InChI is InChI=1S/C16H17N3O3/c17-10-12-4-6-13(7-5-12)19-11-14(22-16(19)21)15(20)18-8-2-1-3-9-18/h4-7,14H,1-3,8-9,11H2. The molecule has 6 nitrogen and oxygen atoms in total. The normalized spacial score (nSPS) is 21.4. The number of rotatable bonds is 2. The van der Waals surface area contributed by atoms with Gasteiger partial charge in [-0.25, -0.2) is 4.79 Å². The summed E-state index contributed by atoms with van der Waals surface area (Å²) in [6.45, 7) is 1.70. The number of hydrogen-bond acceptors (Lipinski definition) is 4. The molecule has 22 heavy (non-hydrogen) atoms. The molecule has 0 aromatic heterocycles. The largest absolute Gasteiger partial charge is 0.434 e. The lowest BCUT2D eigenvalue weighted by molar-refractivity contribution is -0.139. The van der Waals surface area contributed by atoms with Crippen molar-refractivity contribution in [2.75, 3.05) is 24.5 Å². The van der Waals surface area contributed by atoms with Crippen molar-refractivity contribution >= 4 is 17.7 Å². The molecule has 0 radical (unpaired) electrons. The second-order valence-corrected chi connectivity index (χ2v) is 5.53. The van der Waals surface area contributed by atoms with Crippen LogP contribution in [0.3, 0.4) is 0 Å². The summed E-state index contributed by atoms with van der Waals surface area (Å²) in [4.78, 5) is 27.6. The van der Waals surface area contributed by atoms with Crippen LogP contribution in [0.25, 0.3) is 0 Å². The summed E-state index contributed by atoms with van der Waals surface area (Å²) in [5.74, 6) is -0.107. The van der Waals surface area contributed by atoms with Gasteiger partial charge < -0.3 is 9.64 Å². The van der Waals surface area contributed by atoms with Gasteiger partial charge in [-0.3, -0.25) is 9.69 Å². The van der Waals surface area contributed by atoms with Gasteiger partial charge in [0.2, 0.25) is 0 Å². The number of hydrogen-bond donors (Lipinski definition) is 0. The maximum Gasteiger partial charge on any atom is 0.415 e. The summed E-state index contributed by atoms with van der Waals surface area (Å²) in [7, 11) is 0. The predicted molar refractivity (Wildman–Crippen MR) is 79.2 cm³/mol. The van der Waals surface area contributed by atoms with E-state index in [4.69, 9.17) is 10.00 Å². The van der Waals surface area contributed by atoms with Crippen molar-refractivity contribution in [2.45, 2.75) is 25.4 Å². The van der Waals surface area contributed by atoms with Crippen LogP contribution in [0.4, 0.5) is 10.5 Å². The Bertz CT molecular complexity index is 615. The van der Waals surface area contributed by atoms with Gasteiger partial charge in [0.25, 0.3) is 5.91 Å². The Balaban J connectivity index is 1.69. The van der Waals surface area contributed by atoms with Crippen molar-refractivity contribution in [2.24, 2.45) is 0 Å². The Morgan fingerprint density at radius 1 is 1.18 bits per heavy atom. The predicted octanol–water partition coefficient (Wildman–Crippen LogP) is 1.90. The smallest absolute Gasteiger partial charge is 0.415 e. The first-order chi connectivity index (χ1) is 10.7. The quantitative estimate of drug-likeness (QED) is 0.836. The zero-order chi connectivity index (χ0) is 15.5. The average molecular weight is 299 g/mol. The molecule has 0 N–H and O–H groups in total. The Morgan fingerprint density at radius 3 is 2.50 bits per heavy atom. The molecule has 2 heterocycles. The van der Waals surface area contributed by atoms with Gasteiger partial charge in [0.1, 0.15) is 0 Å². The van der Waals surface area contributed by atoms with E-state index in [0.717, 1.165) is 32.4 Å². The molecule has 0 bridgehead atoms. The summed E-state index contributed by atoms with van der Waals surface area (Å²) >= 11 is 0. The van der Waals surface area contributed by atoms with E-state index in [-0.39, 0.29) is 12.5 Å². The maximum atomic E-state index is 12.4. The molecule has 0 spiro atoms. The molecule has 3 rings (SSSR count). The molecule has 114 valence electrons. The van der Waals surface area contributed by atoms with E-state index in [2.05, 4.69) is 0 Å². The number of carbonyl (C=O) groups is 2. The Kier molecular flexibility index (Phi) is 3.96. The van der Waals surface area contributed by atoms with Crippen LogP contribution in [0.1, 0.15) is 24.8 Å². The lowest BCUT2D eigenvalue weighted by atomic mass is 10.1. The summed E-state index contributed by atoms with van der Waals surface area (Å²) in [5, 5.41) is 8.80. The molecule has 0 saturated carbocycles. The number of nitrogens with zero attached hydrogens (tertiary/aromatic N) is 3. The van der Waals surface area contributed by atoms with Gasteiger partial charge in [-0.05, 0) is 43.5 Å². The third kappa shape index (κ3) is 2.75. The lowest BCUT2D eigenvalue weighted by Crippen LogP contribution is -2.43. The van der Waals surface area contributed by atoms with E-state index in [1.54, 1.807) is 29.2 Å². The highest BCUT2D eigenvalue weighted by Crippen LogP contribution is 2.23. The van der Waals surface area contributed by atoms with Crippen molar-refractivity contribution in [3.05, 3.63) is 29.8 Å². The number of cyclic esters (lactones) is 1. The zero-order valence-corrected chi connectivity index (χ0v) is 12.2. The number of likely N-dealkylation sites (tertiary alicyclic amines) is 1. The molecular weight excluding hydrogens is 282 g/mol. The third-order valence-electron chi connectivity index (χ3n) is 4.06. The fourth-order valence-corrected chi connectivity index (χ4v) is 2.84. The molecule has 2 aliphatic rings. The molecule has 2 fully saturated rings. The van der Waals surface area contributed by atoms with Crippen LogP contribution >= 0.6 is 0 Å². The van der Waals surface area contributed by atoms with E-state index in [9.17, 15) is 9.59 Å². The summed E-state index contributed by atoms with van der Waals surface area (Å²) < 4.78 is 5.23. The Hall–Kier alpha value is -2.55. The molecule has 1 unspecified atom stereocenters. The van der Waals surface area contributed by atoms with Gasteiger partial charge in [0, 0.05) is 18.8 Å². The molecule has 1 atom stereocenters. The molecule has 1 aromatic rings. The van der Waals surface area contributed by atoms with Gasteiger partial charge in [-0.15, -0.1) is 0 Å². The zero-order valence-electron chi connectivity index (χ0n) is 12.2. The van der Waals surface area contributed by atoms with Gasteiger partial charge in [-0.1, -0.05) is 0 Å². The van der Waals surface area contributed by atoms with Crippen LogP contribution < -0.4 is 4.90 Å². The first kappa shape index (κ1) is 14.4. The highest BCUT2D eigenvalue weighted by atomic mass is 16.6. The number of piperidine rings is 1. The fourth-order valence-electron chi connectivity index (χ4n) is 2.84. The molecule has 2 saturated heterocycles. The molecule has 2 aliphatic heterocycles. The minimum Gasteiger partial charge on any atom is -0.434 e. The van der Waals surface area contributed by atoms with Crippen molar-refractivity contribution in [3.63, 3.8) is 0 Å². The van der Waals surface area contributed by atoms with Crippen LogP contribution in [-0.4, -0.2) is 42.6 Å². The molecular formula is C16H17N3O3. The second kappa shape index (κ2) is 6.06. The fraction of sp³-hybridized carbons (Fsp3) is 0.438. The van der Waals surface area contributed by atoms with E-state index < -0.39 is 12.2 Å². The number of nitriles is 1. The van der Waals surface area contributed by atoms with Gasteiger partial charge in [0.05, 0.1) is 18.2 Å². The van der Waals surface area contributed by atoms with Crippen LogP contribution in [0.2, 0.25) is 0 Å². The molecule has 6 heteroatoms. The minimum absolute atomic E-state index is 0.107. The third-order valence-corrected chi connectivity index (χ3v) is 4.06. The first-order valence-electron chi connectivity index (χ1n) is 7.46. The average Bonchev–Trinajstić information content (AvgIpc) is 2.97. The molecule has 0 aliphatic carbocycles. The maximum absolute atomic E-state index is 12.4. The highest BCUT2D eigenvalue weighted by Gasteiger charge is 2.39. The monoisotopic (exact) mass is 299 g/mol. The van der Waals surface area contributed by atoms with Crippen LogP contribution in [0.15, 0.2) is 24.3 Å².